The Labute approximate surface area is 343 Å². The van der Waals surface area contributed by atoms with Crippen LogP contribution in [0.4, 0.5) is 9.18 Å². The highest BCUT2D eigenvalue weighted by atomic mass is 19.1. The topological polar surface area (TPSA) is 204 Å². The zero-order chi connectivity index (χ0) is 44.0. The normalized spacial score (nSPS) is 32.5. The number of hydrogen-bond acceptors (Lipinski definition) is 13. The second-order valence-corrected chi connectivity index (χ2v) is 17.6. The number of Topliss-reactive ketones (excluding diaryl/α,β-unsaturated/α-hetero) is 1. The average molecular weight is 826 g/mol. The lowest BCUT2D eigenvalue weighted by molar-refractivity contribution is -0.344. The van der Waals surface area contributed by atoms with Crippen molar-refractivity contribution in [3.8, 4) is 0 Å². The van der Waals surface area contributed by atoms with E-state index in [2.05, 4.69) is 11.9 Å². The third-order valence-electron chi connectivity index (χ3n) is 12.5. The van der Waals surface area contributed by atoms with Crippen LogP contribution in [0.3, 0.4) is 0 Å². The Morgan fingerprint density at radius 3 is 2.29 bits per heavy atom. The molecule has 4 aliphatic rings. The highest BCUT2D eigenvalue weighted by Gasteiger charge is 2.77. The molecule has 2 saturated carbocycles. The number of rotatable bonds is 10. The van der Waals surface area contributed by atoms with E-state index >= 15 is 0 Å². The van der Waals surface area contributed by atoms with E-state index in [1.54, 1.807) is 60.6 Å². The van der Waals surface area contributed by atoms with E-state index in [1.807, 2.05) is 0 Å². The lowest BCUT2D eigenvalue weighted by atomic mass is 9.45. The fourth-order valence-corrected chi connectivity index (χ4v) is 9.32. The Bertz CT molecular complexity index is 1960. The molecule has 0 radical (unpaired) electrons. The van der Waals surface area contributed by atoms with Gasteiger partial charge in [-0.25, -0.2) is 18.8 Å². The van der Waals surface area contributed by atoms with Crippen molar-refractivity contribution in [2.24, 2.45) is 16.7 Å². The number of aliphatic hydroxyl groups is 3. The molecule has 1 aromatic carbocycles. The van der Waals surface area contributed by atoms with Crippen LogP contribution in [0.5, 0.6) is 0 Å². The molecule has 15 heteroatoms. The number of aliphatic hydroxyl groups excluding tert-OH is 2. The van der Waals surface area contributed by atoms with Crippen LogP contribution < -0.4 is 5.32 Å². The van der Waals surface area contributed by atoms with Gasteiger partial charge in [-0.15, -0.1) is 0 Å². The van der Waals surface area contributed by atoms with Gasteiger partial charge in [0, 0.05) is 31.6 Å². The van der Waals surface area contributed by atoms with Gasteiger partial charge in [-0.2, -0.15) is 0 Å². The summed E-state index contributed by atoms with van der Waals surface area (Å²) in [5, 5.41) is 39.4. The van der Waals surface area contributed by atoms with Gasteiger partial charge in [0.05, 0.1) is 35.6 Å². The molecule has 4 N–H and O–H groups in total. The number of amides is 1. The molecule has 5 rings (SSSR count). The number of fused-ring (bicyclic) bond motifs is 5. The minimum absolute atomic E-state index is 0.107. The van der Waals surface area contributed by atoms with Crippen molar-refractivity contribution in [2.45, 2.75) is 135 Å². The number of benzene rings is 1. The van der Waals surface area contributed by atoms with Gasteiger partial charge in [-0.3, -0.25) is 9.59 Å². The van der Waals surface area contributed by atoms with Crippen LogP contribution in [0.1, 0.15) is 91.9 Å². The van der Waals surface area contributed by atoms with Crippen molar-refractivity contribution in [2.75, 3.05) is 6.61 Å². The zero-order valence-electron chi connectivity index (χ0n) is 35.0. The first kappa shape index (κ1) is 45.4. The van der Waals surface area contributed by atoms with Crippen molar-refractivity contribution in [1.82, 2.24) is 5.32 Å². The predicted octanol–water partition coefficient (Wildman–Crippen LogP) is 4.74. The van der Waals surface area contributed by atoms with Gasteiger partial charge in [-0.05, 0) is 77.0 Å². The summed E-state index contributed by atoms with van der Waals surface area (Å²) in [6.45, 7) is 17.6. The van der Waals surface area contributed by atoms with Crippen LogP contribution in [-0.4, -0.2) is 105 Å². The molecule has 3 aliphatic carbocycles. The number of alkyl carbamates (subject to hydrolysis) is 1. The third-order valence-corrected chi connectivity index (χ3v) is 12.5. The number of ketones is 1. The number of hydrogen-bond donors (Lipinski definition) is 4. The Morgan fingerprint density at radius 2 is 1.75 bits per heavy atom. The molecule has 59 heavy (non-hydrogen) atoms. The maximum absolute atomic E-state index is 14.9. The first-order valence-electron chi connectivity index (χ1n) is 19.6. The van der Waals surface area contributed by atoms with Gasteiger partial charge >= 0.3 is 24.0 Å². The molecular formula is C44H56FNO13. The van der Waals surface area contributed by atoms with Crippen molar-refractivity contribution in [1.29, 1.82) is 0 Å². The molecule has 14 nitrogen and oxygen atoms in total. The van der Waals surface area contributed by atoms with E-state index in [-0.39, 0.29) is 30.6 Å². The molecule has 1 aliphatic heterocycles. The number of carbonyl (C=O) groups excluding carboxylic acids is 5. The van der Waals surface area contributed by atoms with Gasteiger partial charge < -0.3 is 44.3 Å². The van der Waals surface area contributed by atoms with E-state index in [4.69, 9.17) is 23.7 Å². The van der Waals surface area contributed by atoms with Gasteiger partial charge in [0.25, 0.3) is 0 Å². The van der Waals surface area contributed by atoms with Crippen molar-refractivity contribution in [3.63, 3.8) is 0 Å². The molecule has 0 spiro atoms. The standard InChI is InChI=1S/C44H56FNO13/c1-11-13-25(14-12-2)33(46-39(53)59-40(5,6)7)34(50)38(52)56-29-21-44(54)36(57-37(51)26-15-17-27(45)18-16-26)35-42(10,30(48)19-28(23(29)3)41(44,8)9)31(49)20-32-43(35,22-55-32)58-24(4)47/h11-18,29,31-36,49-50,54H,1,19-22H2,2-10H3,(H,46,53)/b14-12-,25-13+/t29-,31-,32+,33-,34+,35-,36-,42+,43-,44+/m0/s1. The summed E-state index contributed by atoms with van der Waals surface area (Å²) in [5.41, 5.74) is -7.27. The van der Waals surface area contributed by atoms with Gasteiger partial charge in [0.15, 0.2) is 11.7 Å². The second-order valence-electron chi connectivity index (χ2n) is 17.6. The number of carbonyl (C=O) groups is 5. The summed E-state index contributed by atoms with van der Waals surface area (Å²) in [6.07, 6.45) is -3.42. The first-order valence-corrected chi connectivity index (χ1v) is 19.6. The van der Waals surface area contributed by atoms with Gasteiger partial charge in [-0.1, -0.05) is 50.3 Å². The third kappa shape index (κ3) is 8.14. The summed E-state index contributed by atoms with van der Waals surface area (Å²) in [4.78, 5) is 68.9. The highest BCUT2D eigenvalue weighted by molar-refractivity contribution is 5.91. The summed E-state index contributed by atoms with van der Waals surface area (Å²) in [6, 6.07) is 3.04. The van der Waals surface area contributed by atoms with E-state index in [0.29, 0.717) is 11.1 Å². The van der Waals surface area contributed by atoms with E-state index in [1.165, 1.54) is 31.2 Å². The number of nitrogens with one attached hydrogen (secondary N) is 1. The summed E-state index contributed by atoms with van der Waals surface area (Å²) in [7, 11) is 0. The van der Waals surface area contributed by atoms with E-state index < -0.39 is 112 Å². The van der Waals surface area contributed by atoms with Crippen molar-refractivity contribution in [3.05, 3.63) is 83.2 Å². The van der Waals surface area contributed by atoms with Crippen LogP contribution in [0, 0.1) is 22.6 Å². The number of halogens is 1. The highest BCUT2D eigenvalue weighted by Crippen LogP contribution is 2.64. The van der Waals surface area contributed by atoms with Crippen LogP contribution in [0.15, 0.2) is 71.9 Å². The molecule has 2 bridgehead atoms. The molecule has 0 unspecified atom stereocenters. The Hall–Kier alpha value is -4.70. The average Bonchev–Trinajstić information content (AvgIpc) is 3.13. The molecule has 1 heterocycles. The van der Waals surface area contributed by atoms with Crippen molar-refractivity contribution < 1.29 is 67.4 Å². The van der Waals surface area contributed by atoms with Crippen LogP contribution >= 0.6 is 0 Å². The molecular weight excluding hydrogens is 769 g/mol. The number of ether oxygens (including phenoxy) is 5. The summed E-state index contributed by atoms with van der Waals surface area (Å²) in [5.74, 6) is -5.59. The molecule has 1 aromatic rings. The molecule has 1 amide bonds. The van der Waals surface area contributed by atoms with Crippen LogP contribution in [0.25, 0.3) is 0 Å². The second kappa shape index (κ2) is 16.4. The molecule has 10 atom stereocenters. The Kier molecular flexibility index (Phi) is 12.6. The lowest BCUT2D eigenvalue weighted by Gasteiger charge is -2.67. The van der Waals surface area contributed by atoms with Crippen LogP contribution in [0.2, 0.25) is 0 Å². The maximum Gasteiger partial charge on any atom is 0.408 e. The first-order chi connectivity index (χ1) is 27.4. The summed E-state index contributed by atoms with van der Waals surface area (Å²) < 4.78 is 43.5. The number of allylic oxidation sites excluding steroid dienone is 3. The quantitative estimate of drug-likeness (QED) is 0.109. The smallest absolute Gasteiger partial charge is 0.408 e. The molecule has 1 saturated heterocycles. The minimum atomic E-state index is -2.27. The van der Waals surface area contributed by atoms with Crippen molar-refractivity contribution >= 4 is 29.8 Å². The fourth-order valence-electron chi connectivity index (χ4n) is 9.32. The predicted molar refractivity (Wildman–Crippen MR) is 210 cm³/mol. The molecule has 3 fully saturated rings. The SMILES string of the molecule is C=C/C=C(\C=C/C)[C@H](NC(=O)OC(C)(C)C)[C@@H](O)C(=O)O[C@H]1C[C@@]2(O)[C@@H](OC(=O)c3ccc(F)cc3)[C@@H]3[C@]4(OC(C)=O)CO[C@@H]4C[C@H](O)[C@@]3(C)C(=O)CC(=C1C)C2(C)C. The number of esters is 3. The zero-order valence-corrected chi connectivity index (χ0v) is 35.0. The largest absolute Gasteiger partial charge is 0.456 e. The Balaban J connectivity index is 1.66. The van der Waals surface area contributed by atoms with E-state index in [0.717, 1.165) is 19.1 Å². The summed E-state index contributed by atoms with van der Waals surface area (Å²) >= 11 is 0. The van der Waals surface area contributed by atoms with Gasteiger partial charge in [0.2, 0.25) is 0 Å². The van der Waals surface area contributed by atoms with Crippen LogP contribution in [-0.2, 0) is 38.1 Å². The Morgan fingerprint density at radius 1 is 1.10 bits per heavy atom. The van der Waals surface area contributed by atoms with E-state index in [9.17, 15) is 43.7 Å². The monoisotopic (exact) mass is 825 g/mol. The minimum Gasteiger partial charge on any atom is -0.456 e. The molecule has 0 aromatic heterocycles. The fraction of sp³-hybridized carbons (Fsp3) is 0.568. The maximum atomic E-state index is 14.9. The van der Waals surface area contributed by atoms with Gasteiger partial charge in [0.1, 0.15) is 41.1 Å². The lowest BCUT2D eigenvalue weighted by Crippen LogP contribution is -2.80. The molecule has 322 valence electrons.